The normalized spacial score (nSPS) is 10.1. The summed E-state index contributed by atoms with van der Waals surface area (Å²) in [4.78, 5) is 11.2. The van der Waals surface area contributed by atoms with Gasteiger partial charge in [-0.2, -0.15) is 0 Å². The summed E-state index contributed by atoms with van der Waals surface area (Å²) in [5, 5.41) is 3.42. The maximum Gasteiger partial charge on any atom is 0.212 e. The van der Waals surface area contributed by atoms with E-state index >= 15 is 0 Å². The van der Waals surface area contributed by atoms with E-state index < -0.39 is 0 Å². The van der Waals surface area contributed by atoms with Crippen molar-refractivity contribution in [2.24, 2.45) is 5.11 Å². The molecule has 2 heterocycles. The molecule has 3 aromatic rings. The van der Waals surface area contributed by atoms with E-state index in [2.05, 4.69) is 20.0 Å². The van der Waals surface area contributed by atoms with Crippen molar-refractivity contribution in [2.45, 2.75) is 0 Å². The van der Waals surface area contributed by atoms with Gasteiger partial charge in [-0.15, -0.1) is 0 Å². The highest BCUT2D eigenvalue weighted by atomic mass is 16.5. The van der Waals surface area contributed by atoms with Crippen LogP contribution in [-0.2, 0) is 0 Å². The average molecular weight is 337 g/mol. The second kappa shape index (κ2) is 7.85. The Labute approximate surface area is 143 Å². The molecule has 25 heavy (non-hydrogen) atoms. The third-order valence-corrected chi connectivity index (χ3v) is 3.43. The highest BCUT2D eigenvalue weighted by Gasteiger charge is 2.13. The molecule has 0 saturated heterocycles. The standard InChI is InChI=1S/C17H15N5O3/c1-23-15-7-4-13(10-19-15)16-17(25-11-20-16)12-2-5-14(6-3-12)24-9-8-21-22-18/h2-7,10-11H,8-9H2,1H3. The Bertz CT molecular complexity index is 868. The number of pyridine rings is 1. The lowest BCUT2D eigenvalue weighted by atomic mass is 10.1. The Morgan fingerprint density at radius 2 is 1.92 bits per heavy atom. The van der Waals surface area contributed by atoms with Crippen LogP contribution in [-0.4, -0.2) is 30.2 Å². The van der Waals surface area contributed by atoms with Crippen molar-refractivity contribution in [3.63, 3.8) is 0 Å². The molecule has 2 aromatic heterocycles. The number of rotatable bonds is 7. The van der Waals surface area contributed by atoms with Gasteiger partial charge in [-0.3, -0.25) is 0 Å². The van der Waals surface area contributed by atoms with Crippen molar-refractivity contribution < 1.29 is 13.9 Å². The van der Waals surface area contributed by atoms with Gasteiger partial charge in [0.2, 0.25) is 5.88 Å². The Balaban J connectivity index is 1.78. The van der Waals surface area contributed by atoms with E-state index in [9.17, 15) is 0 Å². The van der Waals surface area contributed by atoms with Crippen molar-refractivity contribution in [2.75, 3.05) is 20.3 Å². The molecular weight excluding hydrogens is 322 g/mol. The van der Waals surface area contributed by atoms with Crippen molar-refractivity contribution in [3.8, 4) is 34.2 Å². The largest absolute Gasteiger partial charge is 0.493 e. The molecule has 0 fully saturated rings. The van der Waals surface area contributed by atoms with Crippen LogP contribution in [0.3, 0.4) is 0 Å². The Kier molecular flexibility index (Phi) is 5.13. The Morgan fingerprint density at radius 1 is 1.12 bits per heavy atom. The molecule has 0 aliphatic carbocycles. The van der Waals surface area contributed by atoms with Crippen LogP contribution in [0, 0.1) is 0 Å². The highest BCUT2D eigenvalue weighted by molar-refractivity contribution is 5.76. The number of benzene rings is 1. The predicted octanol–water partition coefficient (Wildman–Crippen LogP) is 4.10. The van der Waals surface area contributed by atoms with Crippen molar-refractivity contribution in [1.82, 2.24) is 9.97 Å². The first-order chi connectivity index (χ1) is 12.3. The monoisotopic (exact) mass is 337 g/mol. The number of aromatic nitrogens is 2. The predicted molar refractivity (Wildman–Crippen MR) is 91.2 cm³/mol. The number of hydrogen-bond donors (Lipinski definition) is 0. The summed E-state index contributed by atoms with van der Waals surface area (Å²) < 4.78 is 16.1. The molecule has 0 N–H and O–H groups in total. The number of methoxy groups -OCH3 is 1. The summed E-state index contributed by atoms with van der Waals surface area (Å²) in [5.74, 6) is 1.87. The summed E-state index contributed by atoms with van der Waals surface area (Å²) in [6.45, 7) is 0.615. The van der Waals surface area contributed by atoms with Crippen LogP contribution < -0.4 is 9.47 Å². The lowest BCUT2D eigenvalue weighted by Crippen LogP contribution is -1.99. The van der Waals surface area contributed by atoms with E-state index in [1.54, 1.807) is 19.4 Å². The molecule has 0 radical (unpaired) electrons. The van der Waals surface area contributed by atoms with Crippen molar-refractivity contribution >= 4 is 0 Å². The van der Waals surface area contributed by atoms with E-state index in [-0.39, 0.29) is 6.54 Å². The summed E-state index contributed by atoms with van der Waals surface area (Å²) >= 11 is 0. The molecule has 1 aromatic carbocycles. The van der Waals surface area contributed by atoms with Gasteiger partial charge < -0.3 is 13.9 Å². The molecule has 0 amide bonds. The smallest absolute Gasteiger partial charge is 0.212 e. The van der Waals surface area contributed by atoms with Gasteiger partial charge in [0.15, 0.2) is 12.2 Å². The second-order valence-corrected chi connectivity index (χ2v) is 4.95. The second-order valence-electron chi connectivity index (χ2n) is 4.95. The van der Waals surface area contributed by atoms with Gasteiger partial charge in [0, 0.05) is 28.3 Å². The van der Waals surface area contributed by atoms with Gasteiger partial charge in [0.25, 0.3) is 0 Å². The third-order valence-electron chi connectivity index (χ3n) is 3.43. The molecule has 0 aliphatic heterocycles. The molecule has 8 nitrogen and oxygen atoms in total. The number of azide groups is 1. The molecule has 0 atom stereocenters. The van der Waals surface area contributed by atoms with Gasteiger partial charge in [0.05, 0.1) is 20.3 Å². The van der Waals surface area contributed by atoms with E-state index in [1.807, 2.05) is 30.3 Å². The number of oxazole rings is 1. The van der Waals surface area contributed by atoms with Crippen LogP contribution in [0.2, 0.25) is 0 Å². The zero-order valence-corrected chi connectivity index (χ0v) is 13.5. The number of hydrogen-bond acceptors (Lipinski definition) is 6. The Morgan fingerprint density at radius 3 is 2.60 bits per heavy atom. The molecule has 3 rings (SSSR count). The van der Waals surface area contributed by atoms with Crippen LogP contribution in [0.4, 0.5) is 0 Å². The van der Waals surface area contributed by atoms with Crippen LogP contribution in [0.15, 0.2) is 58.5 Å². The van der Waals surface area contributed by atoms with E-state index in [0.29, 0.717) is 29.7 Å². The van der Waals surface area contributed by atoms with E-state index in [4.69, 9.17) is 19.4 Å². The minimum atomic E-state index is 0.287. The minimum absolute atomic E-state index is 0.287. The summed E-state index contributed by atoms with van der Waals surface area (Å²) in [5.41, 5.74) is 10.6. The Hall–Kier alpha value is -3.51. The fourth-order valence-electron chi connectivity index (χ4n) is 2.25. The molecule has 126 valence electrons. The molecular formula is C17H15N5O3. The zero-order valence-electron chi connectivity index (χ0n) is 13.5. The average Bonchev–Trinajstić information content (AvgIpc) is 3.15. The van der Waals surface area contributed by atoms with Crippen molar-refractivity contribution in [3.05, 3.63) is 59.4 Å². The first kappa shape index (κ1) is 16.4. The van der Waals surface area contributed by atoms with Gasteiger partial charge in [-0.1, -0.05) is 5.11 Å². The summed E-state index contributed by atoms with van der Waals surface area (Å²) in [7, 11) is 1.57. The molecule has 0 unspecified atom stereocenters. The molecule has 0 saturated carbocycles. The fraction of sp³-hybridized carbons (Fsp3) is 0.176. The lowest BCUT2D eigenvalue weighted by molar-refractivity contribution is 0.328. The summed E-state index contributed by atoms with van der Waals surface area (Å²) in [6.07, 6.45) is 3.09. The van der Waals surface area contributed by atoms with Crippen LogP contribution in [0.25, 0.3) is 33.0 Å². The van der Waals surface area contributed by atoms with Gasteiger partial charge in [0.1, 0.15) is 11.4 Å². The lowest BCUT2D eigenvalue weighted by Gasteiger charge is -2.06. The quantitative estimate of drug-likeness (QED) is 0.279. The van der Waals surface area contributed by atoms with Crippen LogP contribution in [0.1, 0.15) is 0 Å². The molecule has 0 bridgehead atoms. The molecule has 0 aliphatic rings. The molecule has 8 heteroatoms. The number of ether oxygens (including phenoxy) is 2. The fourth-order valence-corrected chi connectivity index (χ4v) is 2.25. The maximum absolute atomic E-state index is 8.23. The zero-order chi connectivity index (χ0) is 17.5. The highest BCUT2D eigenvalue weighted by Crippen LogP contribution is 2.32. The van der Waals surface area contributed by atoms with Gasteiger partial charge >= 0.3 is 0 Å². The minimum Gasteiger partial charge on any atom is -0.493 e. The van der Waals surface area contributed by atoms with E-state index in [0.717, 1.165) is 11.1 Å². The SMILES string of the molecule is COc1ccc(-c2ncoc2-c2ccc(OCCN=[N+]=[N-])cc2)cn1. The van der Waals surface area contributed by atoms with Crippen LogP contribution >= 0.6 is 0 Å². The number of nitrogens with zero attached hydrogens (tertiary/aromatic N) is 5. The van der Waals surface area contributed by atoms with Gasteiger partial charge in [-0.25, -0.2) is 9.97 Å². The molecule has 0 spiro atoms. The van der Waals surface area contributed by atoms with Gasteiger partial charge in [-0.05, 0) is 35.9 Å². The van der Waals surface area contributed by atoms with E-state index in [1.165, 1.54) is 6.39 Å². The summed E-state index contributed by atoms with van der Waals surface area (Å²) in [6, 6.07) is 11.1. The maximum atomic E-state index is 8.23. The topological polar surface area (TPSA) is 106 Å². The van der Waals surface area contributed by atoms with Crippen molar-refractivity contribution in [1.29, 1.82) is 0 Å². The van der Waals surface area contributed by atoms with Crippen LogP contribution in [0.5, 0.6) is 11.6 Å². The first-order valence-electron chi connectivity index (χ1n) is 7.50. The first-order valence-corrected chi connectivity index (χ1v) is 7.50. The third kappa shape index (κ3) is 3.88.